The highest BCUT2D eigenvalue weighted by Crippen LogP contribution is 2.33. The highest BCUT2D eigenvalue weighted by atomic mass is 32.1. The van der Waals surface area contributed by atoms with Crippen molar-refractivity contribution in [1.29, 1.82) is 0 Å². The van der Waals surface area contributed by atoms with Crippen LogP contribution in [0.1, 0.15) is 43.6 Å². The van der Waals surface area contributed by atoms with Gasteiger partial charge >= 0.3 is 0 Å². The van der Waals surface area contributed by atoms with Gasteiger partial charge < -0.3 is 0 Å². The first-order valence-corrected chi connectivity index (χ1v) is 10.0. The maximum atomic E-state index is 14.7. The normalized spacial score (nSPS) is 11.0. The summed E-state index contributed by atoms with van der Waals surface area (Å²) in [5.74, 6) is -0.140. The number of hydrogen-bond acceptors (Lipinski definition) is 1. The van der Waals surface area contributed by atoms with Crippen molar-refractivity contribution < 1.29 is 4.39 Å². The first kappa shape index (κ1) is 17.9. The SMILES string of the molecule is CCCCCc1ccc(-c2ccc(-c3ccc(CC)cc3)cc2F)s1. The summed E-state index contributed by atoms with van der Waals surface area (Å²) >= 11 is 1.72. The van der Waals surface area contributed by atoms with Gasteiger partial charge in [-0.1, -0.05) is 57.0 Å². The summed E-state index contributed by atoms with van der Waals surface area (Å²) in [6, 6.07) is 18.2. The van der Waals surface area contributed by atoms with Crippen molar-refractivity contribution in [2.75, 3.05) is 0 Å². The zero-order chi connectivity index (χ0) is 17.6. The molecule has 0 aliphatic rings. The third-order valence-corrected chi connectivity index (χ3v) is 5.80. The van der Waals surface area contributed by atoms with Crippen LogP contribution >= 0.6 is 11.3 Å². The minimum Gasteiger partial charge on any atom is -0.206 e. The maximum Gasteiger partial charge on any atom is 0.132 e. The Labute approximate surface area is 154 Å². The molecule has 0 amide bonds. The van der Waals surface area contributed by atoms with E-state index in [-0.39, 0.29) is 5.82 Å². The summed E-state index contributed by atoms with van der Waals surface area (Å²) in [5.41, 5.74) is 4.01. The molecule has 25 heavy (non-hydrogen) atoms. The third kappa shape index (κ3) is 4.38. The Bertz CT molecular complexity index is 814. The lowest BCUT2D eigenvalue weighted by atomic mass is 10.0. The molecular weight excluding hydrogens is 327 g/mol. The lowest BCUT2D eigenvalue weighted by Gasteiger charge is -2.06. The molecule has 0 saturated carbocycles. The zero-order valence-electron chi connectivity index (χ0n) is 15.0. The largest absolute Gasteiger partial charge is 0.206 e. The van der Waals surface area contributed by atoms with Crippen LogP contribution in [0.15, 0.2) is 54.6 Å². The molecule has 0 radical (unpaired) electrons. The van der Waals surface area contributed by atoms with Crippen LogP contribution in [0.2, 0.25) is 0 Å². The molecule has 3 rings (SSSR count). The van der Waals surface area contributed by atoms with Gasteiger partial charge in [0.15, 0.2) is 0 Å². The number of hydrogen-bond donors (Lipinski definition) is 0. The standard InChI is InChI=1S/C23H25FS/c1-3-5-6-7-20-13-15-23(25-20)21-14-12-19(16-22(21)24)18-10-8-17(4-2)9-11-18/h8-16H,3-7H2,1-2H3. The Morgan fingerprint density at radius 1 is 0.840 bits per heavy atom. The van der Waals surface area contributed by atoms with E-state index in [0.717, 1.165) is 28.8 Å². The lowest BCUT2D eigenvalue weighted by Crippen LogP contribution is -1.86. The zero-order valence-corrected chi connectivity index (χ0v) is 15.8. The molecule has 1 aromatic heterocycles. The fourth-order valence-electron chi connectivity index (χ4n) is 3.03. The van der Waals surface area contributed by atoms with Gasteiger partial charge in [-0.25, -0.2) is 4.39 Å². The Balaban J connectivity index is 1.79. The molecule has 0 N–H and O–H groups in total. The number of halogens is 1. The molecule has 3 aromatic rings. The molecule has 0 spiro atoms. The van der Waals surface area contributed by atoms with Crippen LogP contribution < -0.4 is 0 Å². The highest BCUT2D eigenvalue weighted by Gasteiger charge is 2.10. The van der Waals surface area contributed by atoms with Crippen molar-refractivity contribution in [3.8, 4) is 21.6 Å². The van der Waals surface area contributed by atoms with E-state index < -0.39 is 0 Å². The number of benzene rings is 2. The molecule has 0 atom stereocenters. The van der Waals surface area contributed by atoms with Crippen LogP contribution in [0.4, 0.5) is 4.39 Å². The van der Waals surface area contributed by atoms with Gasteiger partial charge in [0.25, 0.3) is 0 Å². The van der Waals surface area contributed by atoms with Gasteiger partial charge in [0.05, 0.1) is 0 Å². The summed E-state index contributed by atoms with van der Waals surface area (Å²) in [5, 5.41) is 0. The smallest absolute Gasteiger partial charge is 0.132 e. The van der Waals surface area contributed by atoms with E-state index in [9.17, 15) is 4.39 Å². The molecule has 2 heteroatoms. The predicted molar refractivity (Wildman–Crippen MR) is 108 cm³/mol. The molecule has 0 fully saturated rings. The Kier molecular flexibility index (Phi) is 6.04. The fourth-order valence-corrected chi connectivity index (χ4v) is 4.11. The van der Waals surface area contributed by atoms with E-state index in [4.69, 9.17) is 0 Å². The molecule has 130 valence electrons. The van der Waals surface area contributed by atoms with Crippen LogP contribution in [-0.4, -0.2) is 0 Å². The van der Waals surface area contributed by atoms with Gasteiger partial charge in [-0.2, -0.15) is 0 Å². The molecule has 2 aromatic carbocycles. The number of unbranched alkanes of at least 4 members (excludes halogenated alkanes) is 2. The molecule has 0 nitrogen and oxygen atoms in total. The molecule has 0 bridgehead atoms. The quantitative estimate of drug-likeness (QED) is 0.386. The van der Waals surface area contributed by atoms with Gasteiger partial charge in [-0.15, -0.1) is 11.3 Å². The van der Waals surface area contributed by atoms with Gasteiger partial charge in [0.1, 0.15) is 5.82 Å². The van der Waals surface area contributed by atoms with Crippen LogP contribution in [0, 0.1) is 5.82 Å². The van der Waals surface area contributed by atoms with Crippen LogP contribution in [0.3, 0.4) is 0 Å². The third-order valence-electron chi connectivity index (χ3n) is 4.62. The van der Waals surface area contributed by atoms with E-state index >= 15 is 0 Å². The summed E-state index contributed by atoms with van der Waals surface area (Å²) in [4.78, 5) is 2.37. The molecular formula is C23H25FS. The maximum absolute atomic E-state index is 14.7. The van der Waals surface area contributed by atoms with E-state index in [1.807, 2.05) is 12.1 Å². The van der Waals surface area contributed by atoms with Crippen molar-refractivity contribution >= 4 is 11.3 Å². The van der Waals surface area contributed by atoms with Crippen molar-refractivity contribution in [3.63, 3.8) is 0 Å². The van der Waals surface area contributed by atoms with Gasteiger partial charge in [-0.05, 0) is 60.2 Å². The Morgan fingerprint density at radius 3 is 2.28 bits per heavy atom. The summed E-state index contributed by atoms with van der Waals surface area (Å²) < 4.78 is 14.7. The first-order chi connectivity index (χ1) is 12.2. The minimum atomic E-state index is -0.140. The molecule has 0 aliphatic heterocycles. The molecule has 0 aliphatic carbocycles. The van der Waals surface area contributed by atoms with Crippen molar-refractivity contribution in [2.24, 2.45) is 0 Å². The van der Waals surface area contributed by atoms with E-state index in [2.05, 4.69) is 50.2 Å². The van der Waals surface area contributed by atoms with Gasteiger partial charge in [-0.3, -0.25) is 0 Å². The topological polar surface area (TPSA) is 0 Å². The second-order valence-corrected chi connectivity index (χ2v) is 7.64. The van der Waals surface area contributed by atoms with Crippen LogP contribution in [0.25, 0.3) is 21.6 Å². The van der Waals surface area contributed by atoms with Crippen molar-refractivity contribution in [3.05, 3.63) is 70.9 Å². The summed E-state index contributed by atoms with van der Waals surface area (Å²) in [7, 11) is 0. The predicted octanol–water partition coefficient (Wildman–Crippen LogP) is 7.52. The number of aryl methyl sites for hydroxylation is 2. The van der Waals surface area contributed by atoms with Crippen LogP contribution in [-0.2, 0) is 12.8 Å². The van der Waals surface area contributed by atoms with E-state index in [1.165, 1.54) is 29.7 Å². The number of thiophene rings is 1. The Morgan fingerprint density at radius 2 is 1.60 bits per heavy atom. The summed E-state index contributed by atoms with van der Waals surface area (Å²) in [6.45, 7) is 4.35. The highest BCUT2D eigenvalue weighted by molar-refractivity contribution is 7.15. The second-order valence-electron chi connectivity index (χ2n) is 6.47. The summed E-state index contributed by atoms with van der Waals surface area (Å²) in [6.07, 6.45) is 5.82. The molecule has 0 saturated heterocycles. The van der Waals surface area contributed by atoms with E-state index in [1.54, 1.807) is 17.4 Å². The fraction of sp³-hybridized carbons (Fsp3) is 0.304. The molecule has 0 unspecified atom stereocenters. The second kappa shape index (κ2) is 8.44. The van der Waals surface area contributed by atoms with E-state index in [0.29, 0.717) is 5.56 Å². The average Bonchev–Trinajstić information content (AvgIpc) is 3.10. The first-order valence-electron chi connectivity index (χ1n) is 9.19. The lowest BCUT2D eigenvalue weighted by molar-refractivity contribution is 0.632. The minimum absolute atomic E-state index is 0.140. The van der Waals surface area contributed by atoms with Crippen LogP contribution in [0.5, 0.6) is 0 Å². The molecule has 1 heterocycles. The monoisotopic (exact) mass is 352 g/mol. The average molecular weight is 353 g/mol. The van der Waals surface area contributed by atoms with Gasteiger partial charge in [0, 0.05) is 15.3 Å². The van der Waals surface area contributed by atoms with Crippen molar-refractivity contribution in [2.45, 2.75) is 46.0 Å². The number of rotatable bonds is 7. The Hall–Kier alpha value is -1.93. The van der Waals surface area contributed by atoms with Crippen molar-refractivity contribution in [1.82, 2.24) is 0 Å². The van der Waals surface area contributed by atoms with Gasteiger partial charge in [0.2, 0.25) is 0 Å².